The highest BCUT2D eigenvalue weighted by atomic mass is 16.5. The highest BCUT2D eigenvalue weighted by Crippen LogP contribution is 2.08. The highest BCUT2D eigenvalue weighted by molar-refractivity contribution is 5.76. The monoisotopic (exact) mass is 202 g/mol. The van der Waals surface area contributed by atoms with Crippen molar-refractivity contribution in [3.63, 3.8) is 0 Å². The van der Waals surface area contributed by atoms with Crippen molar-refractivity contribution in [2.75, 3.05) is 26.7 Å². The number of nitrogens with two attached hydrogens (primary N) is 1. The van der Waals surface area contributed by atoms with Crippen LogP contribution in [-0.2, 0) is 9.53 Å². The van der Waals surface area contributed by atoms with Crippen LogP contribution in [0.1, 0.15) is 20.8 Å². The molecular weight excluding hydrogens is 180 g/mol. The Kier molecular flexibility index (Phi) is 6.49. The van der Waals surface area contributed by atoms with Crippen LogP contribution in [0.25, 0.3) is 0 Å². The fourth-order valence-electron chi connectivity index (χ4n) is 1.02. The molecule has 0 aromatic carbocycles. The summed E-state index contributed by atoms with van der Waals surface area (Å²) in [5.41, 5.74) is 4.97. The van der Waals surface area contributed by atoms with Crippen molar-refractivity contribution in [1.29, 1.82) is 0 Å². The van der Waals surface area contributed by atoms with E-state index in [2.05, 4.69) is 20.8 Å². The summed E-state index contributed by atoms with van der Waals surface area (Å²) in [5, 5.41) is 0. The number of methoxy groups -OCH3 is 1. The number of carbonyl (C=O) groups is 1. The van der Waals surface area contributed by atoms with Crippen molar-refractivity contribution in [2.24, 2.45) is 11.7 Å². The molecule has 1 aliphatic heterocycles. The highest BCUT2D eigenvalue weighted by Gasteiger charge is 2.26. The third kappa shape index (κ3) is 6.86. The summed E-state index contributed by atoms with van der Waals surface area (Å²) < 4.78 is 5.00. The number of amides is 1. The van der Waals surface area contributed by atoms with Crippen LogP contribution >= 0.6 is 0 Å². The van der Waals surface area contributed by atoms with Gasteiger partial charge in [0.05, 0.1) is 12.6 Å². The van der Waals surface area contributed by atoms with Gasteiger partial charge in [-0.2, -0.15) is 0 Å². The molecule has 0 aliphatic carbocycles. The van der Waals surface area contributed by atoms with Crippen LogP contribution in [0.5, 0.6) is 0 Å². The predicted molar refractivity (Wildman–Crippen MR) is 56.9 cm³/mol. The standard InChI is InChI=1S/C6H12N2O2.C4H10/c1-10-5-2-8(3-5)4-6(7)9;1-4(2)3/h5H,2-4H2,1H3,(H2,7,9);4H,1-3H3. The van der Waals surface area contributed by atoms with Gasteiger partial charge in [0.1, 0.15) is 0 Å². The number of hydrogen-bond acceptors (Lipinski definition) is 3. The van der Waals surface area contributed by atoms with Crippen molar-refractivity contribution in [1.82, 2.24) is 4.90 Å². The molecule has 0 bridgehead atoms. The van der Waals surface area contributed by atoms with Crippen LogP contribution in [-0.4, -0.2) is 43.7 Å². The summed E-state index contributed by atoms with van der Waals surface area (Å²) in [6, 6.07) is 0. The first-order valence-electron chi connectivity index (χ1n) is 4.99. The molecule has 1 rings (SSSR count). The maximum atomic E-state index is 10.3. The Balaban J connectivity index is 0.000000364. The Morgan fingerprint density at radius 3 is 2.21 bits per heavy atom. The summed E-state index contributed by atoms with van der Waals surface area (Å²) >= 11 is 0. The van der Waals surface area contributed by atoms with Crippen molar-refractivity contribution < 1.29 is 9.53 Å². The van der Waals surface area contributed by atoms with Crippen LogP contribution in [0.3, 0.4) is 0 Å². The molecular formula is C10H22N2O2. The van der Waals surface area contributed by atoms with E-state index in [0.717, 1.165) is 19.0 Å². The largest absolute Gasteiger partial charge is 0.379 e. The van der Waals surface area contributed by atoms with E-state index in [1.807, 2.05) is 4.90 Å². The molecule has 1 heterocycles. The van der Waals surface area contributed by atoms with Crippen molar-refractivity contribution in [3.8, 4) is 0 Å². The third-order valence-corrected chi connectivity index (χ3v) is 1.64. The zero-order valence-corrected chi connectivity index (χ0v) is 9.62. The molecule has 1 fully saturated rings. The molecule has 1 saturated heterocycles. The van der Waals surface area contributed by atoms with Gasteiger partial charge >= 0.3 is 0 Å². The zero-order chi connectivity index (χ0) is 11.1. The van der Waals surface area contributed by atoms with Crippen molar-refractivity contribution >= 4 is 5.91 Å². The maximum Gasteiger partial charge on any atom is 0.231 e. The van der Waals surface area contributed by atoms with E-state index < -0.39 is 0 Å². The fourth-order valence-corrected chi connectivity index (χ4v) is 1.02. The lowest BCUT2D eigenvalue weighted by atomic mass is 10.2. The number of rotatable bonds is 3. The van der Waals surface area contributed by atoms with E-state index >= 15 is 0 Å². The van der Waals surface area contributed by atoms with Crippen LogP contribution < -0.4 is 5.73 Å². The number of nitrogens with zero attached hydrogens (tertiary/aromatic N) is 1. The van der Waals surface area contributed by atoms with E-state index in [0.29, 0.717) is 12.6 Å². The fraction of sp³-hybridized carbons (Fsp3) is 0.900. The van der Waals surface area contributed by atoms with Gasteiger partial charge in [0.15, 0.2) is 0 Å². The molecule has 4 nitrogen and oxygen atoms in total. The van der Waals surface area contributed by atoms with Gasteiger partial charge in [-0.1, -0.05) is 20.8 Å². The van der Waals surface area contributed by atoms with E-state index in [4.69, 9.17) is 10.5 Å². The predicted octanol–water partition coefficient (Wildman–Crippen LogP) is 0.465. The van der Waals surface area contributed by atoms with Crippen molar-refractivity contribution in [3.05, 3.63) is 0 Å². The molecule has 0 unspecified atom stereocenters. The Bertz CT molecular complexity index is 163. The van der Waals surface area contributed by atoms with Crippen LogP contribution in [0.4, 0.5) is 0 Å². The lowest BCUT2D eigenvalue weighted by Gasteiger charge is -2.36. The summed E-state index contributed by atoms with van der Waals surface area (Å²) in [6.07, 6.45) is 0.305. The SMILES string of the molecule is CC(C)C.COC1CN(CC(N)=O)C1. The van der Waals surface area contributed by atoms with Gasteiger partial charge < -0.3 is 10.5 Å². The second-order valence-corrected chi connectivity index (χ2v) is 4.25. The Morgan fingerprint density at radius 2 is 1.93 bits per heavy atom. The Labute approximate surface area is 86.4 Å². The molecule has 4 heteroatoms. The van der Waals surface area contributed by atoms with Crippen LogP contribution in [0, 0.1) is 5.92 Å². The van der Waals surface area contributed by atoms with E-state index in [9.17, 15) is 4.79 Å². The van der Waals surface area contributed by atoms with Gasteiger partial charge in [-0.15, -0.1) is 0 Å². The summed E-state index contributed by atoms with van der Waals surface area (Å²) in [4.78, 5) is 12.3. The van der Waals surface area contributed by atoms with Gasteiger partial charge in [0.25, 0.3) is 0 Å². The van der Waals surface area contributed by atoms with Crippen LogP contribution in [0.2, 0.25) is 0 Å². The van der Waals surface area contributed by atoms with Gasteiger partial charge in [0, 0.05) is 20.2 Å². The summed E-state index contributed by atoms with van der Waals surface area (Å²) in [6.45, 7) is 8.53. The average Bonchev–Trinajstić information content (AvgIpc) is 1.94. The lowest BCUT2D eigenvalue weighted by molar-refractivity contribution is -0.122. The minimum Gasteiger partial charge on any atom is -0.379 e. The van der Waals surface area contributed by atoms with E-state index in [-0.39, 0.29) is 5.91 Å². The molecule has 14 heavy (non-hydrogen) atoms. The number of primary amides is 1. The quantitative estimate of drug-likeness (QED) is 0.723. The molecule has 1 aliphatic rings. The molecule has 0 atom stereocenters. The summed E-state index contributed by atoms with van der Waals surface area (Å²) in [5.74, 6) is 0.564. The second-order valence-electron chi connectivity index (χ2n) is 4.25. The van der Waals surface area contributed by atoms with Gasteiger partial charge in [0.2, 0.25) is 5.91 Å². The number of carbonyl (C=O) groups excluding carboxylic acids is 1. The minimum absolute atomic E-state index is 0.269. The summed E-state index contributed by atoms with van der Waals surface area (Å²) in [7, 11) is 1.67. The smallest absolute Gasteiger partial charge is 0.231 e. The second kappa shape index (κ2) is 6.79. The van der Waals surface area contributed by atoms with Crippen molar-refractivity contribution in [2.45, 2.75) is 26.9 Å². The van der Waals surface area contributed by atoms with Gasteiger partial charge in [-0.05, 0) is 5.92 Å². The van der Waals surface area contributed by atoms with Gasteiger partial charge in [-0.3, -0.25) is 9.69 Å². The Hall–Kier alpha value is -0.610. The number of ether oxygens (including phenoxy) is 1. The maximum absolute atomic E-state index is 10.3. The molecule has 0 aromatic heterocycles. The molecule has 0 saturated carbocycles. The third-order valence-electron chi connectivity index (χ3n) is 1.64. The normalized spacial score (nSPS) is 17.2. The molecule has 0 aromatic rings. The van der Waals surface area contributed by atoms with Gasteiger partial charge in [-0.25, -0.2) is 0 Å². The first kappa shape index (κ1) is 13.4. The molecule has 84 valence electrons. The zero-order valence-electron chi connectivity index (χ0n) is 9.62. The van der Waals surface area contributed by atoms with E-state index in [1.54, 1.807) is 7.11 Å². The van der Waals surface area contributed by atoms with Crippen LogP contribution in [0.15, 0.2) is 0 Å². The topological polar surface area (TPSA) is 55.6 Å². The molecule has 0 radical (unpaired) electrons. The Morgan fingerprint density at radius 1 is 1.50 bits per heavy atom. The number of likely N-dealkylation sites (tertiary alicyclic amines) is 1. The lowest BCUT2D eigenvalue weighted by Crippen LogP contribution is -2.54. The first-order chi connectivity index (χ1) is 6.45. The molecule has 0 spiro atoms. The molecule has 2 N–H and O–H groups in total. The minimum atomic E-state index is -0.269. The van der Waals surface area contributed by atoms with E-state index in [1.165, 1.54) is 0 Å². The first-order valence-corrected chi connectivity index (χ1v) is 4.99. The average molecular weight is 202 g/mol. The molecule has 1 amide bonds. The number of hydrogen-bond donors (Lipinski definition) is 1.